The van der Waals surface area contributed by atoms with E-state index in [9.17, 15) is 4.79 Å². The Morgan fingerprint density at radius 2 is 0.993 bits per heavy atom. The Hall–Kier alpha value is -14.8. The minimum Gasteiger partial charge on any atom is -0.512 e. The number of nitrogens with zero attached hydrogens (tertiary/aromatic N) is 9. The van der Waals surface area contributed by atoms with Gasteiger partial charge >= 0.3 is 0 Å². The number of aryl methyl sites for hydroxylation is 4. The van der Waals surface area contributed by atoms with Gasteiger partial charge in [-0.2, -0.15) is 13.5 Å². The van der Waals surface area contributed by atoms with E-state index in [0.717, 1.165) is 53.4 Å². The summed E-state index contributed by atoms with van der Waals surface area (Å²) in [6.07, 6.45) is 13.5. The molecule has 0 spiro atoms. The molecule has 0 amide bonds. The van der Waals surface area contributed by atoms with Crippen LogP contribution in [0.3, 0.4) is 0 Å². The van der Waals surface area contributed by atoms with Crippen LogP contribution < -0.4 is 13.7 Å². The second kappa shape index (κ2) is 39.7. The van der Waals surface area contributed by atoms with Crippen LogP contribution in [0.2, 0.25) is 0 Å². The van der Waals surface area contributed by atoms with Crippen molar-refractivity contribution in [2.45, 2.75) is 95.3 Å². The van der Waals surface area contributed by atoms with Gasteiger partial charge in [-0.1, -0.05) is 253 Å². The second-order valence-electron chi connectivity index (χ2n) is 34.3. The van der Waals surface area contributed by atoms with E-state index in [-0.39, 0.29) is 72.0 Å². The first-order valence-corrected chi connectivity index (χ1v) is 44.3. The molecule has 0 atom stereocenters. The number of imidazole rings is 3. The summed E-state index contributed by atoms with van der Waals surface area (Å²) < 4.78 is 14.4. The summed E-state index contributed by atoms with van der Waals surface area (Å²) in [5.74, 6) is 2.48. The van der Waals surface area contributed by atoms with Crippen LogP contribution in [0.25, 0.3) is 161 Å². The number of aliphatic hydroxyl groups excluding tert-OH is 1. The number of aromatic nitrogens is 9. The minimum absolute atomic E-state index is 0. The van der Waals surface area contributed by atoms with Crippen LogP contribution in [-0.2, 0) is 70.1 Å². The topological polar surface area (TPSA) is 102 Å². The summed E-state index contributed by atoms with van der Waals surface area (Å²) in [4.78, 5) is 23.4. The van der Waals surface area contributed by atoms with Gasteiger partial charge in [0.25, 0.3) is 17.3 Å². The van der Waals surface area contributed by atoms with Gasteiger partial charge in [0.1, 0.15) is 55.1 Å². The average molecular weight is 2100 g/mol. The number of rotatable bonds is 6. The first-order chi connectivity index (χ1) is 63.6. The Morgan fingerprint density at radius 3 is 1.68 bits per heavy atom. The average Bonchev–Trinajstić information content (AvgIpc) is 1.54. The Morgan fingerprint density at radius 1 is 0.448 bits per heavy atom. The van der Waals surface area contributed by atoms with Crippen LogP contribution in [0.4, 0.5) is 0 Å². The second-order valence-corrected chi connectivity index (χ2v) is 34.3. The smallest absolute Gasteiger partial charge is 0.295 e. The molecule has 1 aliphatic carbocycles. The number of ketones is 1. The molecule has 0 unspecified atom stereocenters. The van der Waals surface area contributed by atoms with Gasteiger partial charge in [-0.05, 0) is 179 Å². The van der Waals surface area contributed by atoms with Crippen LogP contribution >= 0.6 is 0 Å². The molecule has 0 saturated heterocycles. The van der Waals surface area contributed by atoms with Crippen molar-refractivity contribution in [1.82, 2.24) is 28.5 Å². The first-order valence-electron chi connectivity index (χ1n) is 44.3. The van der Waals surface area contributed by atoms with E-state index < -0.39 is 0 Å². The molecular weight excluding hydrogens is 2000 g/mol. The standard InChI is InChI=1S/C25H21N2.C24H17N2.C20H15N2.C18H14N.C15H10N.C12H10N.C5H8O2.2CH4.2Ir/c1-15-10-11-21-20(12-15)19-9-5-8-18-13-26-14-22(27(21)25(26)24(18)19)23-16(2)6-4-7-17(23)3;1-3-11-19-17(8-1)10-7-15-21(19)26-23-14-6-5-13-22(23)25-16-18-9-2-4-12-20(18)24(25)26;1-3-9-17-15(6-1)8-5-11-19(17)22-13-12-21-14-16-7-2-4-10-18(16)20(21)22;1-18(2)14-8-4-3-7-13(14)17-16-12(10-11-19-17)6-5-9-15(16)18;1-2-7-13(8-3-1)15-14-9-5-4-6-12(14)10-11-16-15;1-10-7-8-12(13-9-10)11-5-3-2-4-6-11;1-4(6)3-5(2)7;;;;/h4-12,14H,13H2,1-3H3;1-15H,16H2;1-13H,14H2;3-6,8-11H,1-2H3;1-7,9-11H;2-5,7-9H,1H3;3,6H,1-2H3;2*1H4;;/q3*+1;3*-1;;;;;. The number of benzene rings is 15. The number of hydrogen-bond donors (Lipinski definition) is 1. The van der Waals surface area contributed by atoms with Crippen molar-refractivity contribution < 1.29 is 63.8 Å². The van der Waals surface area contributed by atoms with Gasteiger partial charge in [-0.25, -0.2) is 13.7 Å². The van der Waals surface area contributed by atoms with Crippen molar-refractivity contribution in [3.63, 3.8) is 0 Å². The fourth-order valence-corrected chi connectivity index (χ4v) is 19.4. The van der Waals surface area contributed by atoms with E-state index >= 15 is 0 Å². The number of pyridine rings is 4. The summed E-state index contributed by atoms with van der Waals surface area (Å²) in [6.45, 7) is 18.9. The molecule has 4 aliphatic rings. The third-order valence-electron chi connectivity index (χ3n) is 25.3. The third kappa shape index (κ3) is 17.6. The van der Waals surface area contributed by atoms with E-state index in [0.29, 0.717) is 0 Å². The number of carbonyl (C=O) groups excluding carboxylic acids is 1. The van der Waals surface area contributed by atoms with E-state index in [2.05, 4.69) is 381 Å². The largest absolute Gasteiger partial charge is 0.512 e. The molecule has 0 saturated carbocycles. The number of carbonyl (C=O) groups is 1. The zero-order valence-electron chi connectivity index (χ0n) is 74.6. The van der Waals surface area contributed by atoms with Gasteiger partial charge in [-0.15, -0.1) is 107 Å². The molecule has 22 aromatic rings. The van der Waals surface area contributed by atoms with E-state index in [1.54, 1.807) is 0 Å². The Bertz CT molecular complexity index is 8130. The molecule has 662 valence electrons. The normalized spacial score (nSPS) is 12.0. The first kappa shape index (κ1) is 92.5. The molecule has 3 aliphatic heterocycles. The predicted octanol–water partition coefficient (Wildman–Crippen LogP) is 27.7. The molecule has 134 heavy (non-hydrogen) atoms. The van der Waals surface area contributed by atoms with Crippen LogP contribution in [-0.4, -0.2) is 39.4 Å². The number of fused-ring (bicyclic) bond motifs is 16. The number of aliphatic hydroxyl groups is 1. The van der Waals surface area contributed by atoms with Crippen LogP contribution in [0.1, 0.15) is 92.6 Å². The zero-order valence-corrected chi connectivity index (χ0v) is 79.4. The van der Waals surface area contributed by atoms with Crippen molar-refractivity contribution in [3.8, 4) is 79.2 Å². The molecule has 2 radical (unpaired) electrons. The molecule has 7 aromatic heterocycles. The van der Waals surface area contributed by atoms with Crippen molar-refractivity contribution in [2.75, 3.05) is 0 Å². The summed E-state index contributed by atoms with van der Waals surface area (Å²) in [6, 6.07) is 131. The van der Waals surface area contributed by atoms with Gasteiger partial charge in [0, 0.05) is 109 Å². The van der Waals surface area contributed by atoms with Gasteiger partial charge in [-0.3, -0.25) is 4.79 Å². The molecule has 10 heterocycles. The van der Waals surface area contributed by atoms with E-state index in [4.69, 9.17) is 5.11 Å². The van der Waals surface area contributed by atoms with Crippen molar-refractivity contribution in [3.05, 3.63) is 463 Å². The molecule has 1 N–H and O–H groups in total. The Kier molecular flexibility index (Phi) is 27.4. The van der Waals surface area contributed by atoms with Crippen LogP contribution in [0.15, 0.2) is 395 Å². The third-order valence-corrected chi connectivity index (χ3v) is 25.3. The van der Waals surface area contributed by atoms with Crippen molar-refractivity contribution in [2.24, 2.45) is 0 Å². The van der Waals surface area contributed by atoms with Crippen molar-refractivity contribution in [1.29, 1.82) is 0 Å². The van der Waals surface area contributed by atoms with Gasteiger partial charge in [0.2, 0.25) is 0 Å². The molecule has 0 bridgehead atoms. The fourth-order valence-electron chi connectivity index (χ4n) is 19.4. The maximum Gasteiger partial charge on any atom is 0.295 e. The van der Waals surface area contributed by atoms with Crippen LogP contribution in [0.5, 0.6) is 0 Å². The molecule has 26 rings (SSSR count). The molecule has 0 fully saturated rings. The summed E-state index contributed by atoms with van der Waals surface area (Å²) in [7, 11) is 0. The molecular formula is C121H103Ir2N9O2. The molecule has 15 aromatic carbocycles. The number of para-hydroxylation sites is 2. The summed E-state index contributed by atoms with van der Waals surface area (Å²) in [5.41, 5.74) is 31.3. The number of allylic oxidation sites excluding steroid dienone is 2. The van der Waals surface area contributed by atoms with E-state index in [1.807, 2.05) is 104 Å². The Labute approximate surface area is 810 Å². The maximum absolute atomic E-state index is 10.0. The Balaban J connectivity index is 0.000000116. The molecule has 13 heteroatoms. The summed E-state index contributed by atoms with van der Waals surface area (Å²) >= 11 is 0. The van der Waals surface area contributed by atoms with Gasteiger partial charge in [0.15, 0.2) is 22.5 Å². The quantitative estimate of drug-likeness (QED) is 0.0587. The maximum atomic E-state index is 10.0. The van der Waals surface area contributed by atoms with E-state index in [1.165, 1.54) is 197 Å². The summed E-state index contributed by atoms with van der Waals surface area (Å²) in [5, 5.41) is 22.5. The molecule has 11 nitrogen and oxygen atoms in total. The number of hydrogen-bond acceptors (Lipinski definition) is 5. The fraction of sp³-hybridized carbons (Fsp3) is 0.116. The monoisotopic (exact) mass is 2100 g/mol. The van der Waals surface area contributed by atoms with Gasteiger partial charge < -0.3 is 20.1 Å². The SMILES string of the molecule is C.C.CC(=O)C=C(C)O.CC1(C)c2ccc[c-]c2-c2nccc3cccc1c23.Cc1ccc(-c2[c-]cccc2)nc1.Cc1ccc2c(c1)c1cccc3c1c1n2c(-c2c(C)cccc2C)c[n+]1C3.[Ir].[Ir].[c-]1ccccc1-c1nccc2ccccc12.c1ccc2c(c1)C[n+]1c-2n(-c2cccc3ccccc23)c2ccccc21.c1ccc2c(c1)C[n+]1ccn(-c3cccc4ccccc34)c1-2. The predicted molar refractivity (Wildman–Crippen MR) is 543 cm³/mol. The minimum atomic E-state index is -0.125. The zero-order chi connectivity index (χ0) is 88.7. The van der Waals surface area contributed by atoms with Crippen molar-refractivity contribution >= 4 is 87.2 Å². The van der Waals surface area contributed by atoms with Gasteiger partial charge in [0.05, 0.1) is 22.3 Å². The van der Waals surface area contributed by atoms with Crippen LogP contribution in [0, 0.1) is 45.9 Å².